The zero-order valence-corrected chi connectivity index (χ0v) is 40.8. The summed E-state index contributed by atoms with van der Waals surface area (Å²) < 4.78 is 47.9. The zero-order chi connectivity index (χ0) is 53.1. The van der Waals surface area contributed by atoms with E-state index in [9.17, 15) is 29.0 Å². The van der Waals surface area contributed by atoms with Crippen molar-refractivity contribution in [3.8, 4) is 85.2 Å². The summed E-state index contributed by atoms with van der Waals surface area (Å²) in [6.07, 6.45) is -4.61. The van der Waals surface area contributed by atoms with E-state index in [4.69, 9.17) is 13.1 Å². The van der Waals surface area contributed by atoms with Gasteiger partial charge in [0.15, 0.2) is 11.4 Å². The van der Waals surface area contributed by atoms with Crippen LogP contribution in [0.25, 0.3) is 120 Å². The molecule has 0 aliphatic heterocycles. The fourth-order valence-corrected chi connectivity index (χ4v) is 10.6. The molecule has 0 aliphatic carbocycles. The molecule has 0 radical (unpaired) electrons. The maximum atomic E-state index is 14.6. The quantitative estimate of drug-likeness (QED) is 0.149. The van der Waals surface area contributed by atoms with Crippen LogP contribution in [0.3, 0.4) is 0 Å². The molecule has 0 amide bonds. The molecule has 0 spiro atoms. The van der Waals surface area contributed by atoms with E-state index >= 15 is 0 Å². The molecule has 7 nitrogen and oxygen atoms in total. The third-order valence-corrected chi connectivity index (χ3v) is 14.4. The van der Waals surface area contributed by atoms with Crippen molar-refractivity contribution in [1.82, 2.24) is 9.13 Å². The maximum absolute atomic E-state index is 14.6. The van der Waals surface area contributed by atoms with Crippen LogP contribution >= 0.6 is 0 Å². The van der Waals surface area contributed by atoms with Crippen LogP contribution < -0.4 is 0 Å². The Morgan fingerprint density at radius 3 is 1.01 bits per heavy atom. The van der Waals surface area contributed by atoms with Gasteiger partial charge in [-0.1, -0.05) is 103 Å². The molecule has 2 aromatic heterocycles. The molecule has 12 rings (SSSR count). The van der Waals surface area contributed by atoms with Crippen LogP contribution in [0.4, 0.5) is 24.5 Å². The van der Waals surface area contributed by atoms with Crippen LogP contribution in [0.1, 0.15) is 27.8 Å². The summed E-state index contributed by atoms with van der Waals surface area (Å²) in [7, 11) is 0. The number of aryl methyl sites for hydroxylation is 1. The van der Waals surface area contributed by atoms with Crippen LogP contribution in [0.15, 0.2) is 200 Å². The van der Waals surface area contributed by atoms with E-state index in [2.05, 4.69) is 61.3 Å². The monoisotopic (exact) mass is 995 g/mol. The number of nitriles is 3. The molecular formula is C67H36F3N7. The van der Waals surface area contributed by atoms with Gasteiger partial charge in [0, 0.05) is 27.1 Å². The Hall–Kier alpha value is -11.0. The standard InChI is InChI=1S/C67H36F3N7/c1-40-30-52(67(68,69)70)20-25-55(40)66-64(76-60-26-16-48(44-8-4-41(37-71)5-9-44)33-56(60)57-34-49(17-27-61(57)76)45-10-6-42(38-72)7-11-45)31-43(39-73)32-65(66)77-62-28-18-50(46-12-21-53(74-2)22-13-46)35-58(62)59-36-51(19-29-63(59)77)47-14-23-54(75-3)24-15-47/h4-36H,1H3. The average Bonchev–Trinajstić information content (AvgIpc) is 4.14. The molecule has 0 atom stereocenters. The molecular weight excluding hydrogens is 960 g/mol. The molecule has 77 heavy (non-hydrogen) atoms. The lowest BCUT2D eigenvalue weighted by Gasteiger charge is -2.22. The molecule has 10 heteroatoms. The summed E-state index contributed by atoms with van der Waals surface area (Å²) in [6.45, 7) is 16.8. The highest BCUT2D eigenvalue weighted by Crippen LogP contribution is 2.47. The van der Waals surface area contributed by atoms with Crippen molar-refractivity contribution in [3.05, 3.63) is 251 Å². The highest BCUT2D eigenvalue weighted by molar-refractivity contribution is 6.14. The van der Waals surface area contributed by atoms with Crippen LogP contribution in [0, 0.1) is 54.1 Å². The van der Waals surface area contributed by atoms with Crippen molar-refractivity contribution in [2.75, 3.05) is 0 Å². The molecule has 0 saturated heterocycles. The van der Waals surface area contributed by atoms with Gasteiger partial charge in [-0.05, 0) is 160 Å². The first-order valence-electron chi connectivity index (χ1n) is 24.4. The van der Waals surface area contributed by atoms with Gasteiger partial charge in [-0.3, -0.25) is 0 Å². The normalized spacial score (nSPS) is 11.3. The first kappa shape index (κ1) is 47.1. The number of halogens is 3. The fraction of sp³-hybridized carbons (Fsp3) is 0.0299. The van der Waals surface area contributed by atoms with Crippen LogP contribution in [0.2, 0.25) is 0 Å². The molecule has 360 valence electrons. The molecule has 0 aliphatic rings. The maximum Gasteiger partial charge on any atom is 0.416 e. The number of hydrogen-bond donors (Lipinski definition) is 0. The Kier molecular flexibility index (Phi) is 11.3. The number of hydrogen-bond acceptors (Lipinski definition) is 3. The van der Waals surface area contributed by atoms with E-state index in [1.807, 2.05) is 109 Å². The number of aromatic nitrogens is 2. The van der Waals surface area contributed by atoms with Crippen molar-refractivity contribution in [2.24, 2.45) is 0 Å². The third kappa shape index (κ3) is 8.15. The predicted octanol–water partition coefficient (Wildman–Crippen LogP) is 18.3. The minimum atomic E-state index is -4.61. The SMILES string of the molecule is [C-]#[N+]c1ccc(-c2ccc3c(c2)c2cc(-c4ccc([N+]#[C-])cc4)ccc2n3-c2cc(C#N)cc(-n3c4ccc(-c5ccc(C#N)cc5)cc4c4cc(-c5ccc(C#N)cc5)ccc43)c2-c2ccc(C(F)(F)F)cc2C)cc1. The minimum Gasteiger partial charge on any atom is -0.308 e. The molecule has 0 fully saturated rings. The Labute approximate surface area is 440 Å². The van der Waals surface area contributed by atoms with Gasteiger partial charge < -0.3 is 9.13 Å². The van der Waals surface area contributed by atoms with Crippen molar-refractivity contribution >= 4 is 55.0 Å². The Bertz CT molecular complexity index is 4150. The summed E-state index contributed by atoms with van der Waals surface area (Å²) >= 11 is 0. The van der Waals surface area contributed by atoms with E-state index in [0.29, 0.717) is 56.1 Å². The summed E-state index contributed by atoms with van der Waals surface area (Å²) in [5, 5.41) is 33.8. The summed E-state index contributed by atoms with van der Waals surface area (Å²) in [5.41, 5.74) is 14.5. The van der Waals surface area contributed by atoms with Gasteiger partial charge in [0.1, 0.15) is 0 Å². The van der Waals surface area contributed by atoms with Gasteiger partial charge >= 0.3 is 6.18 Å². The average molecular weight is 996 g/mol. The summed E-state index contributed by atoms with van der Waals surface area (Å²) in [5.74, 6) is 0. The van der Waals surface area contributed by atoms with Crippen LogP contribution in [0.5, 0.6) is 0 Å². The second kappa shape index (κ2) is 18.5. The number of alkyl halides is 3. The van der Waals surface area contributed by atoms with E-state index in [1.54, 1.807) is 55.5 Å². The van der Waals surface area contributed by atoms with Gasteiger partial charge in [-0.2, -0.15) is 29.0 Å². The number of rotatable bonds is 7. The lowest BCUT2D eigenvalue weighted by molar-refractivity contribution is -0.137. The second-order valence-electron chi connectivity index (χ2n) is 18.8. The Morgan fingerprint density at radius 1 is 0.390 bits per heavy atom. The summed E-state index contributed by atoms with van der Waals surface area (Å²) in [4.78, 5) is 7.17. The number of benzene rings is 10. The molecule has 0 unspecified atom stereocenters. The zero-order valence-electron chi connectivity index (χ0n) is 40.8. The van der Waals surface area contributed by atoms with Crippen LogP contribution in [-0.4, -0.2) is 9.13 Å². The second-order valence-corrected chi connectivity index (χ2v) is 18.8. The van der Waals surface area contributed by atoms with Gasteiger partial charge in [0.25, 0.3) is 0 Å². The molecule has 0 saturated carbocycles. The third-order valence-electron chi connectivity index (χ3n) is 14.4. The first-order valence-corrected chi connectivity index (χ1v) is 24.4. The van der Waals surface area contributed by atoms with Crippen molar-refractivity contribution in [3.63, 3.8) is 0 Å². The highest BCUT2D eigenvalue weighted by Gasteiger charge is 2.32. The fourth-order valence-electron chi connectivity index (χ4n) is 10.6. The highest BCUT2D eigenvalue weighted by atomic mass is 19.4. The van der Waals surface area contributed by atoms with Gasteiger partial charge in [-0.25, -0.2) is 9.69 Å². The van der Waals surface area contributed by atoms with E-state index in [0.717, 1.165) is 94.2 Å². The Morgan fingerprint density at radius 2 is 0.714 bits per heavy atom. The molecule has 0 N–H and O–H groups in total. The van der Waals surface area contributed by atoms with Crippen molar-refractivity contribution in [2.45, 2.75) is 13.1 Å². The smallest absolute Gasteiger partial charge is 0.308 e. The van der Waals surface area contributed by atoms with E-state index < -0.39 is 11.7 Å². The van der Waals surface area contributed by atoms with Crippen LogP contribution in [-0.2, 0) is 6.18 Å². The van der Waals surface area contributed by atoms with Gasteiger partial charge in [0.05, 0.1) is 87.0 Å². The number of fused-ring (bicyclic) bond motifs is 6. The molecule has 12 aromatic rings. The first-order chi connectivity index (χ1) is 37.4. The molecule has 10 aromatic carbocycles. The van der Waals surface area contributed by atoms with E-state index in [-0.39, 0.29) is 0 Å². The summed E-state index contributed by atoms with van der Waals surface area (Å²) in [6, 6.07) is 68.3. The lowest BCUT2D eigenvalue weighted by Crippen LogP contribution is -2.08. The number of nitrogens with zero attached hydrogens (tertiary/aromatic N) is 7. The van der Waals surface area contributed by atoms with E-state index in [1.165, 1.54) is 12.1 Å². The van der Waals surface area contributed by atoms with Gasteiger partial charge in [-0.15, -0.1) is 0 Å². The lowest BCUT2D eigenvalue weighted by atomic mass is 9.93. The van der Waals surface area contributed by atoms with Crippen molar-refractivity contribution in [1.29, 1.82) is 15.8 Å². The Balaban J connectivity index is 1.19. The molecule has 2 heterocycles. The van der Waals surface area contributed by atoms with Gasteiger partial charge in [0.2, 0.25) is 0 Å². The largest absolute Gasteiger partial charge is 0.416 e. The minimum absolute atomic E-state index is 0.310. The predicted molar refractivity (Wildman–Crippen MR) is 299 cm³/mol. The topological polar surface area (TPSA) is 89.9 Å². The van der Waals surface area contributed by atoms with Crippen molar-refractivity contribution < 1.29 is 13.2 Å². The molecule has 0 bridgehead atoms.